The third kappa shape index (κ3) is 53.6. The molecule has 0 saturated heterocycles. The third-order valence-electron chi connectivity index (χ3n) is 16.0. The first kappa shape index (κ1) is 73.6. The second-order valence-electron chi connectivity index (χ2n) is 23.8. The first-order valence-corrected chi connectivity index (χ1v) is 33.5. The first-order chi connectivity index (χ1) is 36.2. The van der Waals surface area contributed by atoms with Gasteiger partial charge >= 0.3 is 0 Å². The van der Waals surface area contributed by atoms with E-state index >= 15 is 0 Å². The van der Waals surface area contributed by atoms with E-state index < -0.39 is 12.2 Å². The molecule has 0 aromatic heterocycles. The largest absolute Gasteiger partial charge is 0.392 e. The van der Waals surface area contributed by atoms with Crippen LogP contribution >= 0.6 is 0 Å². The molecule has 0 radical (unpaired) electrons. The van der Waals surface area contributed by atoms with Crippen LogP contribution in [0.4, 0.5) is 0 Å². The molecule has 0 aliphatic rings. The highest BCUT2D eigenvalue weighted by Gasteiger charge is 2.20. The Morgan fingerprint density at radius 3 is 0.770 bits per heavy atom. The maximum Gasteiger partial charge on any atom is 0.0667 e. The van der Waals surface area contributed by atoms with E-state index in [1.807, 2.05) is 0 Å². The van der Waals surface area contributed by atoms with Gasteiger partial charge in [-0.3, -0.25) is 14.7 Å². The average Bonchev–Trinajstić information content (AvgIpc) is 3.38. The highest BCUT2D eigenvalue weighted by Crippen LogP contribution is 2.17. The van der Waals surface area contributed by atoms with Gasteiger partial charge in [0.2, 0.25) is 0 Å². The van der Waals surface area contributed by atoms with Gasteiger partial charge in [-0.2, -0.15) is 0 Å². The van der Waals surface area contributed by atoms with Crippen molar-refractivity contribution in [3.05, 3.63) is 0 Å². The monoisotopic (exact) mass is 1050 g/mol. The number of aliphatic hydroxyl groups is 5. The van der Waals surface area contributed by atoms with Crippen molar-refractivity contribution in [2.45, 2.75) is 348 Å². The van der Waals surface area contributed by atoms with Gasteiger partial charge in [-0.1, -0.05) is 279 Å². The van der Waals surface area contributed by atoms with Crippen LogP contribution in [-0.4, -0.2) is 143 Å². The molecule has 9 heteroatoms. The van der Waals surface area contributed by atoms with Crippen LogP contribution in [0.2, 0.25) is 0 Å². The normalized spacial score (nSPS) is 14.2. The van der Waals surface area contributed by atoms with Crippen LogP contribution in [0.1, 0.15) is 317 Å². The van der Waals surface area contributed by atoms with Gasteiger partial charge in [0.1, 0.15) is 0 Å². The maximum atomic E-state index is 11.5. The van der Waals surface area contributed by atoms with Gasteiger partial charge in [-0.25, -0.2) is 0 Å². The van der Waals surface area contributed by atoms with Crippen LogP contribution in [0.15, 0.2) is 0 Å². The molecule has 0 aliphatic heterocycles. The zero-order valence-electron chi connectivity index (χ0n) is 50.9. The lowest BCUT2D eigenvalue weighted by atomic mass is 10.0. The van der Waals surface area contributed by atoms with E-state index in [4.69, 9.17) is 0 Å². The molecular weight excluding hydrogens is 917 g/mol. The molecule has 0 unspecified atom stereocenters. The lowest BCUT2D eigenvalue weighted by Gasteiger charge is -2.32. The standard InChI is InChI=1S/C65H136N4O5/c1-6-11-16-21-26-30-35-39-45-61(70)56-66-50-53-67(57-62(71)46-41-36-31-27-22-17-12-7-2)51-44-52-68(58-63(72)47-42-37-32-28-23-18-13-8-3)54-55-69(59-64(73)48-40-34-25-20-15-10-5)60-65(74)49-43-38-33-29-24-19-14-9-4/h61-66,70-74H,6-60H2,1-5H3/t61-,62-,63-,64-,65-/m1/s1. The summed E-state index contributed by atoms with van der Waals surface area (Å²) in [4.78, 5) is 7.23. The Kier molecular flexibility index (Phi) is 58.5. The van der Waals surface area contributed by atoms with Gasteiger partial charge in [-0.05, 0) is 51.6 Å². The van der Waals surface area contributed by atoms with Gasteiger partial charge < -0.3 is 30.8 Å². The minimum atomic E-state index is -0.400. The van der Waals surface area contributed by atoms with E-state index in [1.165, 1.54) is 212 Å². The van der Waals surface area contributed by atoms with Crippen molar-refractivity contribution in [3.8, 4) is 0 Å². The fraction of sp³-hybridized carbons (Fsp3) is 1.00. The number of hydrogen-bond acceptors (Lipinski definition) is 9. The summed E-state index contributed by atoms with van der Waals surface area (Å²) in [6.45, 7) is 19.4. The quantitative estimate of drug-likeness (QED) is 0.0331. The second kappa shape index (κ2) is 58.8. The lowest BCUT2D eigenvalue weighted by molar-refractivity contribution is 0.0469. The highest BCUT2D eigenvalue weighted by molar-refractivity contribution is 4.75. The molecule has 0 saturated carbocycles. The van der Waals surface area contributed by atoms with Crippen LogP contribution in [-0.2, 0) is 0 Å². The Morgan fingerprint density at radius 2 is 0.473 bits per heavy atom. The van der Waals surface area contributed by atoms with Crippen LogP contribution in [0.3, 0.4) is 0 Å². The summed E-state index contributed by atoms with van der Waals surface area (Å²) in [6.07, 6.45) is 51.1. The lowest BCUT2D eigenvalue weighted by Crippen LogP contribution is -2.45. The summed E-state index contributed by atoms with van der Waals surface area (Å²) in [5, 5.41) is 60.0. The Morgan fingerprint density at radius 1 is 0.243 bits per heavy atom. The van der Waals surface area contributed by atoms with Crippen LogP contribution in [0.25, 0.3) is 0 Å². The van der Waals surface area contributed by atoms with Gasteiger partial charge in [0, 0.05) is 58.9 Å². The van der Waals surface area contributed by atoms with Crippen molar-refractivity contribution in [1.82, 2.24) is 20.0 Å². The minimum absolute atomic E-state index is 0.315. The molecule has 0 fully saturated rings. The Bertz CT molecular complexity index is 1060. The summed E-state index contributed by atoms with van der Waals surface area (Å²) in [5.41, 5.74) is 0. The fourth-order valence-corrected chi connectivity index (χ4v) is 11.0. The Hall–Kier alpha value is -0.360. The zero-order valence-corrected chi connectivity index (χ0v) is 50.9. The molecule has 0 amide bonds. The maximum absolute atomic E-state index is 11.5. The molecule has 74 heavy (non-hydrogen) atoms. The molecule has 446 valence electrons. The number of hydrogen-bond donors (Lipinski definition) is 6. The van der Waals surface area contributed by atoms with E-state index in [0.717, 1.165) is 110 Å². The highest BCUT2D eigenvalue weighted by atomic mass is 16.3. The number of rotatable bonds is 63. The summed E-state index contributed by atoms with van der Waals surface area (Å²) >= 11 is 0. The molecule has 9 nitrogen and oxygen atoms in total. The third-order valence-corrected chi connectivity index (χ3v) is 16.0. The van der Waals surface area contributed by atoms with Gasteiger partial charge in [-0.15, -0.1) is 0 Å². The summed E-state index contributed by atoms with van der Waals surface area (Å²) in [6, 6.07) is 0. The summed E-state index contributed by atoms with van der Waals surface area (Å²) in [7, 11) is 0. The number of nitrogens with one attached hydrogen (secondary N) is 1. The first-order valence-electron chi connectivity index (χ1n) is 33.5. The van der Waals surface area contributed by atoms with E-state index in [1.54, 1.807) is 0 Å². The fourth-order valence-electron chi connectivity index (χ4n) is 11.0. The average molecular weight is 1050 g/mol. The molecule has 0 aliphatic carbocycles. The van der Waals surface area contributed by atoms with Crippen LogP contribution in [0, 0.1) is 0 Å². The van der Waals surface area contributed by atoms with Crippen molar-refractivity contribution in [1.29, 1.82) is 0 Å². The minimum Gasteiger partial charge on any atom is -0.392 e. The van der Waals surface area contributed by atoms with Crippen molar-refractivity contribution in [2.24, 2.45) is 0 Å². The number of unbranched alkanes of at least 4 members (excludes halogenated alkanes) is 33. The number of nitrogens with zero attached hydrogens (tertiary/aromatic N) is 3. The van der Waals surface area contributed by atoms with E-state index in [9.17, 15) is 25.5 Å². The smallest absolute Gasteiger partial charge is 0.0667 e. The molecule has 0 rings (SSSR count). The van der Waals surface area contributed by atoms with Gasteiger partial charge in [0.15, 0.2) is 0 Å². The Labute approximate surface area is 463 Å². The molecule has 0 aromatic carbocycles. The van der Waals surface area contributed by atoms with Crippen LogP contribution < -0.4 is 5.32 Å². The predicted octanol–water partition coefficient (Wildman–Crippen LogP) is 15.6. The molecule has 0 aromatic rings. The molecule has 0 heterocycles. The van der Waals surface area contributed by atoms with Crippen molar-refractivity contribution in [3.63, 3.8) is 0 Å². The molecule has 6 N–H and O–H groups in total. The molecule has 0 spiro atoms. The SMILES string of the molecule is CCCCCCCCCC[C@@H](O)CNCCN(CCCN(CCN(C[C@H](O)CCCCCCCC)C[C@H](O)CCCCCCCCCC)C[C@H](O)CCCCCCCCCC)C[C@H](O)CCCCCCCCCC. The van der Waals surface area contributed by atoms with Gasteiger partial charge in [0.05, 0.1) is 30.5 Å². The van der Waals surface area contributed by atoms with Crippen molar-refractivity contribution in [2.75, 3.05) is 72.0 Å². The van der Waals surface area contributed by atoms with E-state index in [-0.39, 0.29) is 18.3 Å². The van der Waals surface area contributed by atoms with Crippen molar-refractivity contribution < 1.29 is 25.5 Å². The van der Waals surface area contributed by atoms with Gasteiger partial charge in [0.25, 0.3) is 0 Å². The second-order valence-corrected chi connectivity index (χ2v) is 23.8. The molecule has 5 atom stereocenters. The molecular formula is C65H136N4O5. The summed E-state index contributed by atoms with van der Waals surface area (Å²) < 4.78 is 0. The zero-order chi connectivity index (χ0) is 54.2. The van der Waals surface area contributed by atoms with E-state index in [0.29, 0.717) is 32.7 Å². The van der Waals surface area contributed by atoms with Crippen LogP contribution in [0.5, 0.6) is 0 Å². The molecule has 0 bridgehead atoms. The topological polar surface area (TPSA) is 123 Å². The summed E-state index contributed by atoms with van der Waals surface area (Å²) in [5.74, 6) is 0. The predicted molar refractivity (Wildman–Crippen MR) is 324 cm³/mol. The number of aliphatic hydroxyl groups excluding tert-OH is 5. The van der Waals surface area contributed by atoms with E-state index in [2.05, 4.69) is 54.6 Å². The Balaban J connectivity index is 5.80. The van der Waals surface area contributed by atoms with Crippen molar-refractivity contribution >= 4 is 0 Å².